The summed E-state index contributed by atoms with van der Waals surface area (Å²) in [5.74, 6) is -0.0448. The molecular formula is C14H20N2O. The van der Waals surface area contributed by atoms with Gasteiger partial charge in [-0.05, 0) is 25.0 Å². The van der Waals surface area contributed by atoms with Crippen LogP contribution in [0.1, 0.15) is 25.8 Å². The van der Waals surface area contributed by atoms with E-state index in [9.17, 15) is 4.79 Å². The van der Waals surface area contributed by atoms with Gasteiger partial charge in [-0.1, -0.05) is 24.3 Å². The molecule has 0 spiro atoms. The van der Waals surface area contributed by atoms with E-state index in [-0.39, 0.29) is 5.91 Å². The number of nitrogens with one attached hydrogen (secondary N) is 2. The summed E-state index contributed by atoms with van der Waals surface area (Å²) in [7, 11) is 0. The fourth-order valence-electron chi connectivity index (χ4n) is 1.60. The molecule has 1 aromatic carbocycles. The van der Waals surface area contributed by atoms with Crippen LogP contribution in [0.25, 0.3) is 0 Å². The third-order valence-corrected chi connectivity index (χ3v) is 2.49. The molecule has 3 heteroatoms. The zero-order chi connectivity index (χ0) is 12.7. The summed E-state index contributed by atoms with van der Waals surface area (Å²) in [5.41, 5.74) is 1.97. The van der Waals surface area contributed by atoms with Crippen LogP contribution in [0.15, 0.2) is 36.9 Å². The molecule has 0 fully saturated rings. The van der Waals surface area contributed by atoms with Crippen LogP contribution in [0, 0.1) is 0 Å². The SMILES string of the molecule is C=CCC(C)NCc1ccccc1NC(C)=O. The van der Waals surface area contributed by atoms with Gasteiger partial charge in [0.1, 0.15) is 0 Å². The Morgan fingerprint density at radius 1 is 1.47 bits per heavy atom. The molecule has 0 aliphatic rings. The van der Waals surface area contributed by atoms with E-state index in [1.54, 1.807) is 0 Å². The van der Waals surface area contributed by atoms with Gasteiger partial charge in [0.15, 0.2) is 0 Å². The lowest BCUT2D eigenvalue weighted by atomic mass is 10.1. The van der Waals surface area contributed by atoms with Gasteiger partial charge in [0.05, 0.1) is 0 Å². The Balaban J connectivity index is 2.63. The number of benzene rings is 1. The van der Waals surface area contributed by atoms with Crippen LogP contribution < -0.4 is 10.6 Å². The molecule has 0 aromatic heterocycles. The first-order valence-corrected chi connectivity index (χ1v) is 5.83. The zero-order valence-corrected chi connectivity index (χ0v) is 10.5. The van der Waals surface area contributed by atoms with Crippen molar-refractivity contribution in [1.82, 2.24) is 5.32 Å². The molecule has 2 N–H and O–H groups in total. The van der Waals surface area contributed by atoms with E-state index in [0.717, 1.165) is 24.2 Å². The van der Waals surface area contributed by atoms with Crippen LogP contribution in [0.4, 0.5) is 5.69 Å². The minimum Gasteiger partial charge on any atom is -0.326 e. The normalized spacial score (nSPS) is 11.9. The number of amides is 1. The number of carbonyl (C=O) groups excluding carboxylic acids is 1. The van der Waals surface area contributed by atoms with Crippen LogP contribution in [0.3, 0.4) is 0 Å². The second-order valence-electron chi connectivity index (χ2n) is 4.14. The van der Waals surface area contributed by atoms with Crippen molar-refractivity contribution >= 4 is 11.6 Å². The molecule has 0 radical (unpaired) electrons. The van der Waals surface area contributed by atoms with E-state index >= 15 is 0 Å². The maximum atomic E-state index is 11.1. The predicted molar refractivity (Wildman–Crippen MR) is 71.9 cm³/mol. The Labute approximate surface area is 103 Å². The first-order chi connectivity index (χ1) is 8.13. The number of carbonyl (C=O) groups is 1. The lowest BCUT2D eigenvalue weighted by Gasteiger charge is -2.14. The molecule has 0 aliphatic heterocycles. The van der Waals surface area contributed by atoms with Crippen molar-refractivity contribution in [3.05, 3.63) is 42.5 Å². The van der Waals surface area contributed by atoms with Gasteiger partial charge < -0.3 is 10.6 Å². The zero-order valence-electron chi connectivity index (χ0n) is 10.5. The second-order valence-corrected chi connectivity index (χ2v) is 4.14. The summed E-state index contributed by atoms with van der Waals surface area (Å²) < 4.78 is 0. The van der Waals surface area contributed by atoms with E-state index < -0.39 is 0 Å². The molecule has 0 bridgehead atoms. The molecule has 1 amide bonds. The molecule has 1 atom stereocenters. The number of hydrogen-bond donors (Lipinski definition) is 2. The highest BCUT2D eigenvalue weighted by molar-refractivity contribution is 5.89. The Kier molecular flexibility index (Phi) is 5.43. The highest BCUT2D eigenvalue weighted by atomic mass is 16.1. The van der Waals surface area contributed by atoms with E-state index in [0.29, 0.717) is 6.04 Å². The third-order valence-electron chi connectivity index (χ3n) is 2.49. The molecule has 1 aromatic rings. The van der Waals surface area contributed by atoms with Gasteiger partial charge in [-0.15, -0.1) is 6.58 Å². The van der Waals surface area contributed by atoms with Crippen LogP contribution in [-0.4, -0.2) is 11.9 Å². The highest BCUT2D eigenvalue weighted by Crippen LogP contribution is 2.14. The number of anilines is 1. The van der Waals surface area contributed by atoms with Gasteiger partial charge in [0.2, 0.25) is 5.91 Å². The molecule has 0 heterocycles. The summed E-state index contributed by atoms with van der Waals surface area (Å²) in [5, 5.41) is 6.22. The van der Waals surface area contributed by atoms with Crippen molar-refractivity contribution < 1.29 is 4.79 Å². The number of para-hydroxylation sites is 1. The average molecular weight is 232 g/mol. The lowest BCUT2D eigenvalue weighted by molar-refractivity contribution is -0.114. The maximum absolute atomic E-state index is 11.1. The second kappa shape index (κ2) is 6.86. The van der Waals surface area contributed by atoms with Crippen molar-refractivity contribution in [2.45, 2.75) is 32.9 Å². The van der Waals surface area contributed by atoms with Gasteiger partial charge in [-0.25, -0.2) is 0 Å². The summed E-state index contributed by atoms with van der Waals surface area (Å²) in [6.07, 6.45) is 2.83. The van der Waals surface area contributed by atoms with Crippen LogP contribution in [0.5, 0.6) is 0 Å². The molecule has 92 valence electrons. The molecule has 1 rings (SSSR count). The van der Waals surface area contributed by atoms with Crippen LogP contribution in [0.2, 0.25) is 0 Å². The summed E-state index contributed by atoms with van der Waals surface area (Å²) in [6, 6.07) is 8.20. The Bertz CT molecular complexity index is 388. The predicted octanol–water partition coefficient (Wildman–Crippen LogP) is 2.70. The first-order valence-electron chi connectivity index (χ1n) is 5.83. The standard InChI is InChI=1S/C14H20N2O/c1-4-7-11(2)15-10-13-8-5-6-9-14(13)16-12(3)17/h4-6,8-9,11,15H,1,7,10H2,2-3H3,(H,16,17). The topological polar surface area (TPSA) is 41.1 Å². The Morgan fingerprint density at radius 3 is 2.82 bits per heavy atom. The highest BCUT2D eigenvalue weighted by Gasteiger charge is 2.04. The summed E-state index contributed by atoms with van der Waals surface area (Å²) in [4.78, 5) is 11.1. The van der Waals surface area contributed by atoms with Crippen LogP contribution >= 0.6 is 0 Å². The Morgan fingerprint density at radius 2 is 2.18 bits per heavy atom. The summed E-state index contributed by atoms with van der Waals surface area (Å²) >= 11 is 0. The van der Waals surface area contributed by atoms with Crippen molar-refractivity contribution in [1.29, 1.82) is 0 Å². The van der Waals surface area contributed by atoms with E-state index in [1.165, 1.54) is 6.92 Å². The summed E-state index contributed by atoms with van der Waals surface area (Å²) in [6.45, 7) is 8.09. The van der Waals surface area contributed by atoms with Gasteiger partial charge in [0, 0.05) is 25.2 Å². The van der Waals surface area contributed by atoms with Crippen molar-refractivity contribution in [2.75, 3.05) is 5.32 Å². The average Bonchev–Trinajstić information content (AvgIpc) is 2.27. The minimum atomic E-state index is -0.0448. The number of rotatable bonds is 6. The first kappa shape index (κ1) is 13.5. The molecule has 0 saturated heterocycles. The largest absolute Gasteiger partial charge is 0.326 e. The van der Waals surface area contributed by atoms with E-state index in [4.69, 9.17) is 0 Å². The fraction of sp³-hybridized carbons (Fsp3) is 0.357. The van der Waals surface area contributed by atoms with E-state index in [2.05, 4.69) is 24.1 Å². The molecule has 17 heavy (non-hydrogen) atoms. The van der Waals surface area contributed by atoms with Crippen molar-refractivity contribution in [3.8, 4) is 0 Å². The third kappa shape index (κ3) is 4.83. The smallest absolute Gasteiger partial charge is 0.221 e. The van der Waals surface area contributed by atoms with Crippen molar-refractivity contribution in [2.24, 2.45) is 0 Å². The Hall–Kier alpha value is -1.61. The van der Waals surface area contributed by atoms with Gasteiger partial charge in [0.25, 0.3) is 0 Å². The van der Waals surface area contributed by atoms with Crippen molar-refractivity contribution in [3.63, 3.8) is 0 Å². The molecule has 1 unspecified atom stereocenters. The van der Waals surface area contributed by atoms with Gasteiger partial charge in [-0.2, -0.15) is 0 Å². The van der Waals surface area contributed by atoms with Gasteiger partial charge in [-0.3, -0.25) is 4.79 Å². The molecule has 3 nitrogen and oxygen atoms in total. The van der Waals surface area contributed by atoms with Gasteiger partial charge >= 0.3 is 0 Å². The lowest BCUT2D eigenvalue weighted by Crippen LogP contribution is -2.25. The molecule has 0 saturated carbocycles. The molecular weight excluding hydrogens is 212 g/mol. The quantitative estimate of drug-likeness (QED) is 0.740. The maximum Gasteiger partial charge on any atom is 0.221 e. The molecule has 0 aliphatic carbocycles. The fourth-order valence-corrected chi connectivity index (χ4v) is 1.60. The number of hydrogen-bond acceptors (Lipinski definition) is 2. The minimum absolute atomic E-state index is 0.0448. The van der Waals surface area contributed by atoms with Crippen LogP contribution in [-0.2, 0) is 11.3 Å². The van der Waals surface area contributed by atoms with E-state index in [1.807, 2.05) is 30.3 Å². The monoisotopic (exact) mass is 232 g/mol.